The van der Waals surface area contributed by atoms with Crippen molar-refractivity contribution in [3.05, 3.63) is 0 Å². The summed E-state index contributed by atoms with van der Waals surface area (Å²) in [5.74, 6) is 0.686. The number of unbranched alkanes of at least 4 members (excludes halogenated alkanes) is 2. The Morgan fingerprint density at radius 3 is 2.31 bits per heavy atom. The van der Waals surface area contributed by atoms with Crippen molar-refractivity contribution in [2.75, 3.05) is 32.2 Å². The van der Waals surface area contributed by atoms with Crippen LogP contribution in [-0.4, -0.2) is 38.4 Å². The first-order chi connectivity index (χ1) is 7.56. The van der Waals surface area contributed by atoms with Crippen molar-refractivity contribution in [2.45, 2.75) is 31.9 Å². The third-order valence-corrected chi connectivity index (χ3v) is 2.16. The van der Waals surface area contributed by atoms with E-state index in [-0.39, 0.29) is 6.61 Å². The zero-order valence-electron chi connectivity index (χ0n) is 9.28. The summed E-state index contributed by atoms with van der Waals surface area (Å²) < 4.78 is 39.4. The molecule has 0 aliphatic rings. The van der Waals surface area contributed by atoms with E-state index in [1.165, 1.54) is 0 Å². The van der Waals surface area contributed by atoms with Gasteiger partial charge in [-0.15, -0.1) is 11.6 Å². The van der Waals surface area contributed by atoms with Crippen LogP contribution < -0.4 is 5.32 Å². The van der Waals surface area contributed by atoms with Gasteiger partial charge in [0.1, 0.15) is 6.61 Å². The Bertz CT molecular complexity index is 155. The lowest BCUT2D eigenvalue weighted by Gasteiger charge is -2.08. The molecule has 0 saturated carbocycles. The number of hydrogen-bond donors (Lipinski definition) is 1. The smallest absolute Gasteiger partial charge is 0.372 e. The topological polar surface area (TPSA) is 21.3 Å². The number of nitrogens with one attached hydrogen (secondary N) is 1. The summed E-state index contributed by atoms with van der Waals surface area (Å²) in [5.41, 5.74) is 0. The Labute approximate surface area is 99.5 Å². The summed E-state index contributed by atoms with van der Waals surface area (Å²) in [7, 11) is 0. The molecule has 0 aromatic carbocycles. The van der Waals surface area contributed by atoms with Crippen molar-refractivity contribution < 1.29 is 17.9 Å². The van der Waals surface area contributed by atoms with E-state index in [9.17, 15) is 13.2 Å². The Morgan fingerprint density at radius 2 is 1.69 bits per heavy atom. The molecular formula is C10H19ClF3NO. The summed E-state index contributed by atoms with van der Waals surface area (Å²) in [6, 6.07) is 0. The minimum absolute atomic E-state index is 0.147. The molecule has 6 heteroatoms. The second kappa shape index (κ2) is 10.2. The highest BCUT2D eigenvalue weighted by atomic mass is 35.5. The quantitative estimate of drug-likeness (QED) is 0.482. The van der Waals surface area contributed by atoms with E-state index in [0.29, 0.717) is 18.8 Å². The summed E-state index contributed by atoms with van der Waals surface area (Å²) in [6.07, 6.45) is -0.463. The Kier molecular flexibility index (Phi) is 10.2. The fraction of sp³-hybridized carbons (Fsp3) is 1.00. The van der Waals surface area contributed by atoms with Crippen LogP contribution in [0.5, 0.6) is 0 Å². The second-order valence-electron chi connectivity index (χ2n) is 3.52. The van der Waals surface area contributed by atoms with E-state index in [4.69, 9.17) is 11.6 Å². The third kappa shape index (κ3) is 14.0. The molecule has 0 unspecified atom stereocenters. The van der Waals surface area contributed by atoms with Gasteiger partial charge in [0.2, 0.25) is 0 Å². The molecule has 2 nitrogen and oxygen atoms in total. The first-order valence-corrected chi connectivity index (χ1v) is 6.01. The maximum absolute atomic E-state index is 11.7. The normalized spacial score (nSPS) is 12.0. The Morgan fingerprint density at radius 1 is 1.00 bits per heavy atom. The Hall–Kier alpha value is 0. The largest absolute Gasteiger partial charge is 0.411 e. The van der Waals surface area contributed by atoms with E-state index in [2.05, 4.69) is 10.1 Å². The van der Waals surface area contributed by atoms with Crippen molar-refractivity contribution in [3.8, 4) is 0 Å². The van der Waals surface area contributed by atoms with Crippen LogP contribution in [0.1, 0.15) is 25.7 Å². The fourth-order valence-corrected chi connectivity index (χ4v) is 1.32. The highest BCUT2D eigenvalue weighted by molar-refractivity contribution is 6.17. The zero-order valence-corrected chi connectivity index (χ0v) is 10.0. The van der Waals surface area contributed by atoms with Gasteiger partial charge in [-0.2, -0.15) is 13.2 Å². The number of rotatable bonds is 10. The van der Waals surface area contributed by atoms with Crippen molar-refractivity contribution in [3.63, 3.8) is 0 Å². The van der Waals surface area contributed by atoms with E-state index in [0.717, 1.165) is 25.8 Å². The average molecular weight is 262 g/mol. The molecule has 0 aliphatic heterocycles. The highest BCUT2D eigenvalue weighted by Gasteiger charge is 2.26. The molecule has 98 valence electrons. The standard InChI is InChI=1S/C10H19ClF3NO/c11-5-2-1-3-6-15-7-4-8-16-9-10(12,13)14/h15H,1-9H2. The van der Waals surface area contributed by atoms with Crippen LogP contribution in [0.2, 0.25) is 0 Å². The first-order valence-electron chi connectivity index (χ1n) is 5.47. The molecule has 0 bridgehead atoms. The lowest BCUT2D eigenvalue weighted by atomic mass is 10.2. The molecule has 1 N–H and O–H groups in total. The summed E-state index contributed by atoms with van der Waals surface area (Å²) in [5, 5.41) is 3.14. The Balaban J connectivity index is 2.99. The van der Waals surface area contributed by atoms with Gasteiger partial charge >= 0.3 is 6.18 Å². The molecule has 0 saturated heterocycles. The van der Waals surface area contributed by atoms with E-state index in [1.54, 1.807) is 0 Å². The van der Waals surface area contributed by atoms with Gasteiger partial charge in [0, 0.05) is 12.5 Å². The molecule has 0 fully saturated rings. The van der Waals surface area contributed by atoms with Crippen LogP contribution in [0.3, 0.4) is 0 Å². The predicted molar refractivity (Wildman–Crippen MR) is 58.9 cm³/mol. The van der Waals surface area contributed by atoms with Crippen molar-refractivity contribution in [1.82, 2.24) is 5.32 Å². The van der Waals surface area contributed by atoms with Crippen LogP contribution in [0.15, 0.2) is 0 Å². The molecular weight excluding hydrogens is 243 g/mol. The van der Waals surface area contributed by atoms with E-state index < -0.39 is 12.8 Å². The zero-order chi connectivity index (χ0) is 12.3. The SMILES string of the molecule is FC(F)(F)COCCCNCCCCCCl. The van der Waals surface area contributed by atoms with Crippen LogP contribution in [-0.2, 0) is 4.74 Å². The molecule has 0 aromatic rings. The van der Waals surface area contributed by atoms with Gasteiger partial charge in [-0.25, -0.2) is 0 Å². The average Bonchev–Trinajstić information content (AvgIpc) is 2.19. The highest BCUT2D eigenvalue weighted by Crippen LogP contribution is 2.14. The number of halogens is 4. The number of hydrogen-bond acceptors (Lipinski definition) is 2. The number of ether oxygens (including phenoxy) is 1. The second-order valence-corrected chi connectivity index (χ2v) is 3.90. The van der Waals surface area contributed by atoms with Gasteiger partial charge in [-0.3, -0.25) is 0 Å². The van der Waals surface area contributed by atoms with Gasteiger partial charge in [-0.1, -0.05) is 6.42 Å². The monoisotopic (exact) mass is 261 g/mol. The third-order valence-electron chi connectivity index (χ3n) is 1.90. The minimum Gasteiger partial charge on any atom is -0.372 e. The molecule has 0 aromatic heterocycles. The molecule has 0 spiro atoms. The maximum Gasteiger partial charge on any atom is 0.411 e. The van der Waals surface area contributed by atoms with Crippen molar-refractivity contribution in [1.29, 1.82) is 0 Å². The lowest BCUT2D eigenvalue weighted by molar-refractivity contribution is -0.173. The van der Waals surface area contributed by atoms with Crippen molar-refractivity contribution >= 4 is 11.6 Å². The predicted octanol–water partition coefficient (Wildman–Crippen LogP) is 2.95. The van der Waals surface area contributed by atoms with Crippen LogP contribution >= 0.6 is 11.6 Å². The van der Waals surface area contributed by atoms with Gasteiger partial charge in [-0.05, 0) is 32.4 Å². The molecule has 0 atom stereocenters. The van der Waals surface area contributed by atoms with Gasteiger partial charge < -0.3 is 10.1 Å². The van der Waals surface area contributed by atoms with Gasteiger partial charge in [0.05, 0.1) is 0 Å². The first kappa shape index (κ1) is 16.0. The van der Waals surface area contributed by atoms with Crippen molar-refractivity contribution in [2.24, 2.45) is 0 Å². The number of alkyl halides is 4. The minimum atomic E-state index is -4.21. The van der Waals surface area contributed by atoms with Crippen LogP contribution in [0, 0.1) is 0 Å². The molecule has 0 aliphatic carbocycles. The molecule has 0 heterocycles. The molecule has 16 heavy (non-hydrogen) atoms. The summed E-state index contributed by atoms with van der Waals surface area (Å²) in [4.78, 5) is 0. The maximum atomic E-state index is 11.7. The molecule has 0 amide bonds. The van der Waals surface area contributed by atoms with E-state index in [1.807, 2.05) is 0 Å². The van der Waals surface area contributed by atoms with E-state index >= 15 is 0 Å². The summed E-state index contributed by atoms with van der Waals surface area (Å²) >= 11 is 5.51. The van der Waals surface area contributed by atoms with Gasteiger partial charge in [0.25, 0.3) is 0 Å². The lowest BCUT2D eigenvalue weighted by Crippen LogP contribution is -2.21. The van der Waals surface area contributed by atoms with Crippen LogP contribution in [0.25, 0.3) is 0 Å². The summed E-state index contributed by atoms with van der Waals surface area (Å²) in [6.45, 7) is 0.575. The van der Waals surface area contributed by atoms with Gasteiger partial charge in [0.15, 0.2) is 0 Å². The van der Waals surface area contributed by atoms with Crippen LogP contribution in [0.4, 0.5) is 13.2 Å². The molecule has 0 rings (SSSR count). The fourth-order valence-electron chi connectivity index (χ4n) is 1.13. The molecule has 0 radical (unpaired) electrons.